The molecule has 1 aliphatic rings. The molecule has 0 fully saturated rings. The zero-order valence-corrected chi connectivity index (χ0v) is 19.1. The Kier molecular flexibility index (Phi) is 7.55. The maximum atomic E-state index is 12.5. The summed E-state index contributed by atoms with van der Waals surface area (Å²) in [5, 5.41) is 3.76. The number of anilines is 1. The van der Waals surface area contributed by atoms with Crippen molar-refractivity contribution in [1.82, 2.24) is 0 Å². The van der Waals surface area contributed by atoms with Crippen molar-refractivity contribution in [2.75, 3.05) is 18.2 Å². The second kappa shape index (κ2) is 9.94. The number of fused-ring (bicyclic) bond motifs is 1. The predicted molar refractivity (Wildman–Crippen MR) is 118 cm³/mol. The van der Waals surface area contributed by atoms with Crippen LogP contribution < -0.4 is 5.32 Å². The normalized spacial score (nSPS) is 13.9. The van der Waals surface area contributed by atoms with Gasteiger partial charge in [-0.05, 0) is 61.9 Å². The van der Waals surface area contributed by atoms with Crippen LogP contribution in [0, 0.1) is 0 Å². The van der Waals surface area contributed by atoms with Gasteiger partial charge < -0.3 is 10.1 Å². The van der Waals surface area contributed by atoms with Gasteiger partial charge in [0.2, 0.25) is 5.91 Å². The van der Waals surface area contributed by atoms with E-state index in [9.17, 15) is 18.0 Å². The number of aryl methyl sites for hydroxylation is 1. The zero-order valence-electron chi connectivity index (χ0n) is 16.7. The average molecular weight is 470 g/mol. The minimum atomic E-state index is -3.49. The van der Waals surface area contributed by atoms with E-state index in [1.807, 2.05) is 0 Å². The lowest BCUT2D eigenvalue weighted by Gasteiger charge is -2.08. The van der Waals surface area contributed by atoms with Crippen molar-refractivity contribution in [2.45, 2.75) is 49.8 Å². The molecule has 0 saturated heterocycles. The molecule has 1 aromatic carbocycles. The number of carbonyl (C=O) groups excluding carboxylic acids is 2. The molecule has 162 valence electrons. The van der Waals surface area contributed by atoms with Gasteiger partial charge in [0.05, 0.1) is 23.3 Å². The Bertz CT molecular complexity index is 1030. The van der Waals surface area contributed by atoms with Crippen LogP contribution in [0.4, 0.5) is 5.00 Å². The van der Waals surface area contributed by atoms with Gasteiger partial charge in [-0.15, -0.1) is 11.3 Å². The number of benzene rings is 1. The van der Waals surface area contributed by atoms with Crippen LogP contribution in [0.5, 0.6) is 0 Å². The maximum Gasteiger partial charge on any atom is 0.341 e. The smallest absolute Gasteiger partial charge is 0.341 e. The van der Waals surface area contributed by atoms with Crippen molar-refractivity contribution in [3.05, 3.63) is 45.3 Å². The van der Waals surface area contributed by atoms with E-state index >= 15 is 0 Å². The minimum Gasteiger partial charge on any atom is -0.465 e. The summed E-state index contributed by atoms with van der Waals surface area (Å²) in [6.45, 7) is 0. The number of thiophene rings is 1. The minimum absolute atomic E-state index is 0.0377. The highest BCUT2D eigenvalue weighted by Gasteiger charge is 2.26. The van der Waals surface area contributed by atoms with Gasteiger partial charge in [-0.2, -0.15) is 0 Å². The predicted octanol–water partition coefficient (Wildman–Crippen LogP) is 4.65. The molecule has 0 saturated carbocycles. The number of methoxy groups -OCH3 is 1. The van der Waals surface area contributed by atoms with E-state index < -0.39 is 15.8 Å². The number of hydrogen-bond acceptors (Lipinski definition) is 6. The zero-order chi connectivity index (χ0) is 21.7. The molecule has 0 bridgehead atoms. The van der Waals surface area contributed by atoms with Gasteiger partial charge in [0.25, 0.3) is 0 Å². The van der Waals surface area contributed by atoms with E-state index in [1.54, 1.807) is 0 Å². The number of ether oxygens (including phenoxy) is 1. The van der Waals surface area contributed by atoms with Crippen LogP contribution in [0.2, 0.25) is 5.02 Å². The monoisotopic (exact) mass is 469 g/mol. The Hall–Kier alpha value is -1.90. The van der Waals surface area contributed by atoms with Gasteiger partial charge in [-0.1, -0.05) is 18.0 Å². The van der Waals surface area contributed by atoms with E-state index in [0.717, 1.165) is 42.5 Å². The molecule has 1 amide bonds. The second-order valence-electron chi connectivity index (χ2n) is 7.18. The molecular formula is C21H24ClNO5S2. The summed E-state index contributed by atoms with van der Waals surface area (Å²) in [7, 11) is -2.16. The summed E-state index contributed by atoms with van der Waals surface area (Å²) in [5.41, 5.74) is 1.42. The Balaban J connectivity index is 1.65. The first-order valence-electron chi connectivity index (χ1n) is 9.83. The Morgan fingerprint density at radius 3 is 2.53 bits per heavy atom. The van der Waals surface area contributed by atoms with Crippen molar-refractivity contribution < 1.29 is 22.7 Å². The average Bonchev–Trinajstić information content (AvgIpc) is 2.88. The molecular weight excluding hydrogens is 446 g/mol. The van der Waals surface area contributed by atoms with E-state index in [4.69, 9.17) is 16.3 Å². The number of rotatable bonds is 7. The molecule has 1 aliphatic carbocycles. The molecule has 1 heterocycles. The highest BCUT2D eigenvalue weighted by Crippen LogP contribution is 2.38. The summed E-state index contributed by atoms with van der Waals surface area (Å²) in [6, 6.07) is 5.96. The number of hydrogen-bond donors (Lipinski definition) is 1. The number of amides is 1. The molecule has 1 N–H and O–H groups in total. The highest BCUT2D eigenvalue weighted by molar-refractivity contribution is 7.91. The van der Waals surface area contributed by atoms with Gasteiger partial charge in [0.15, 0.2) is 9.84 Å². The van der Waals surface area contributed by atoms with E-state index in [2.05, 4.69) is 5.32 Å². The largest absolute Gasteiger partial charge is 0.465 e. The molecule has 30 heavy (non-hydrogen) atoms. The molecule has 0 unspecified atom stereocenters. The third-order valence-corrected chi connectivity index (χ3v) is 8.33. The summed E-state index contributed by atoms with van der Waals surface area (Å²) in [5.74, 6) is -0.912. The Morgan fingerprint density at radius 1 is 1.13 bits per heavy atom. The van der Waals surface area contributed by atoms with E-state index in [-0.39, 0.29) is 29.4 Å². The number of sulfone groups is 1. The van der Waals surface area contributed by atoms with Gasteiger partial charge in [0.1, 0.15) is 5.00 Å². The topological polar surface area (TPSA) is 89.5 Å². The summed E-state index contributed by atoms with van der Waals surface area (Å²) >= 11 is 7.22. The van der Waals surface area contributed by atoms with Gasteiger partial charge in [0, 0.05) is 16.3 Å². The molecule has 0 atom stereocenters. The van der Waals surface area contributed by atoms with Crippen LogP contribution in [0.3, 0.4) is 0 Å². The van der Waals surface area contributed by atoms with Crippen molar-refractivity contribution in [3.63, 3.8) is 0 Å². The third-order valence-electron chi connectivity index (χ3n) is 5.05. The van der Waals surface area contributed by atoms with Gasteiger partial charge in [-0.3, -0.25) is 4.79 Å². The second-order valence-corrected chi connectivity index (χ2v) is 10.8. The fourth-order valence-corrected chi connectivity index (χ4v) is 6.25. The first kappa shape index (κ1) is 22.8. The quantitative estimate of drug-likeness (QED) is 0.471. The molecule has 3 rings (SSSR count). The fraction of sp³-hybridized carbons (Fsp3) is 0.429. The fourth-order valence-electron chi connectivity index (χ4n) is 3.52. The Labute approximate surface area is 185 Å². The SMILES string of the molecule is COC(=O)c1c(NC(=O)CCCS(=O)(=O)c2ccc(Cl)cc2)sc2c1CCCCC2. The lowest BCUT2D eigenvalue weighted by molar-refractivity contribution is -0.116. The molecule has 1 aromatic heterocycles. The summed E-state index contributed by atoms with van der Waals surface area (Å²) in [4.78, 5) is 26.1. The molecule has 0 radical (unpaired) electrons. The van der Waals surface area contributed by atoms with Gasteiger partial charge in [-0.25, -0.2) is 13.2 Å². The maximum absolute atomic E-state index is 12.5. The Morgan fingerprint density at radius 2 is 1.83 bits per heavy atom. The lowest BCUT2D eigenvalue weighted by atomic mass is 10.1. The van der Waals surface area contributed by atoms with Crippen molar-refractivity contribution in [1.29, 1.82) is 0 Å². The van der Waals surface area contributed by atoms with Gasteiger partial charge >= 0.3 is 5.97 Å². The molecule has 6 nitrogen and oxygen atoms in total. The van der Waals surface area contributed by atoms with Crippen molar-refractivity contribution in [2.24, 2.45) is 0 Å². The van der Waals surface area contributed by atoms with Crippen LogP contribution in [-0.4, -0.2) is 33.2 Å². The van der Waals surface area contributed by atoms with Crippen molar-refractivity contribution >= 4 is 49.7 Å². The number of nitrogens with one attached hydrogen (secondary N) is 1. The van der Waals surface area contributed by atoms with Crippen LogP contribution in [-0.2, 0) is 32.2 Å². The molecule has 2 aromatic rings. The van der Waals surface area contributed by atoms with Crippen LogP contribution in [0.1, 0.15) is 52.9 Å². The number of carbonyl (C=O) groups is 2. The van der Waals surface area contributed by atoms with E-state index in [1.165, 1.54) is 42.7 Å². The van der Waals surface area contributed by atoms with Crippen molar-refractivity contribution in [3.8, 4) is 0 Å². The number of esters is 1. The molecule has 0 spiro atoms. The van der Waals surface area contributed by atoms with Crippen LogP contribution in [0.25, 0.3) is 0 Å². The first-order valence-corrected chi connectivity index (χ1v) is 12.7. The first-order chi connectivity index (χ1) is 14.3. The lowest BCUT2D eigenvalue weighted by Crippen LogP contribution is -2.16. The standard InChI is InChI=1S/C21H24ClNO5S2/c1-28-21(25)19-16-6-3-2-4-7-17(16)29-20(19)23-18(24)8-5-13-30(26,27)15-11-9-14(22)10-12-15/h9-12H,2-8,13H2,1H3,(H,23,24). The summed E-state index contributed by atoms with van der Waals surface area (Å²) < 4.78 is 29.7. The number of halogens is 1. The highest BCUT2D eigenvalue weighted by atomic mass is 35.5. The molecule has 0 aliphatic heterocycles. The van der Waals surface area contributed by atoms with Crippen LogP contribution in [0.15, 0.2) is 29.2 Å². The van der Waals surface area contributed by atoms with Crippen LogP contribution >= 0.6 is 22.9 Å². The van der Waals surface area contributed by atoms with E-state index in [0.29, 0.717) is 15.6 Å². The summed E-state index contributed by atoms with van der Waals surface area (Å²) in [6.07, 6.45) is 5.08. The third kappa shape index (κ3) is 5.42. The molecule has 9 heteroatoms.